The van der Waals surface area contributed by atoms with E-state index in [0.29, 0.717) is 4.47 Å². The summed E-state index contributed by atoms with van der Waals surface area (Å²) >= 11 is 3.14. The highest BCUT2D eigenvalue weighted by molar-refractivity contribution is 9.10. The molecule has 0 unspecified atom stereocenters. The summed E-state index contributed by atoms with van der Waals surface area (Å²) in [5.74, 6) is -1.08. The Hall–Kier alpha value is -1.03. The second-order valence-corrected chi connectivity index (χ2v) is 6.73. The number of piperazine rings is 1. The van der Waals surface area contributed by atoms with Gasteiger partial charge in [-0.05, 0) is 28.1 Å². The van der Waals surface area contributed by atoms with Crippen molar-refractivity contribution in [3.8, 4) is 0 Å². The van der Waals surface area contributed by atoms with Gasteiger partial charge in [0, 0.05) is 30.7 Å². The molecule has 0 aromatic heterocycles. The van der Waals surface area contributed by atoms with Crippen LogP contribution in [0, 0.1) is 5.82 Å². The number of hydrogen-bond donors (Lipinski definition) is 1. The van der Waals surface area contributed by atoms with Crippen molar-refractivity contribution in [2.75, 3.05) is 26.2 Å². The number of hydrogen-bond acceptors (Lipinski definition) is 3. The fraction of sp³-hybridized carbons (Fsp3) is 0.364. The molecule has 1 fully saturated rings. The molecule has 0 atom stereocenters. The highest BCUT2D eigenvalue weighted by Gasteiger charge is 2.28. The number of halogens is 2. The molecule has 20 heavy (non-hydrogen) atoms. The summed E-state index contributed by atoms with van der Waals surface area (Å²) in [5, 5.41) is 5.02. The molecule has 0 radical (unpaired) electrons. The molecule has 1 aromatic rings. The second kappa shape index (κ2) is 5.76. The first-order chi connectivity index (χ1) is 9.30. The third kappa shape index (κ3) is 3.17. The van der Waals surface area contributed by atoms with E-state index in [2.05, 4.69) is 15.9 Å². The number of carbonyl (C=O) groups excluding carboxylic acids is 1. The van der Waals surface area contributed by atoms with Gasteiger partial charge in [0.15, 0.2) is 0 Å². The molecule has 6 nitrogen and oxygen atoms in total. The van der Waals surface area contributed by atoms with Crippen LogP contribution in [-0.4, -0.2) is 49.7 Å². The van der Waals surface area contributed by atoms with Crippen molar-refractivity contribution >= 4 is 32.0 Å². The number of nitrogens with two attached hydrogens (primary N) is 1. The van der Waals surface area contributed by atoms with Crippen molar-refractivity contribution in [2.45, 2.75) is 0 Å². The summed E-state index contributed by atoms with van der Waals surface area (Å²) in [5.41, 5.74) is -0.0449. The third-order valence-electron chi connectivity index (χ3n) is 3.06. The lowest BCUT2D eigenvalue weighted by Gasteiger charge is -2.33. The maximum Gasteiger partial charge on any atom is 0.277 e. The van der Waals surface area contributed by atoms with Gasteiger partial charge in [-0.15, -0.1) is 0 Å². The average molecular weight is 366 g/mol. The first-order valence-electron chi connectivity index (χ1n) is 5.82. The van der Waals surface area contributed by atoms with Gasteiger partial charge in [0.1, 0.15) is 5.82 Å². The molecule has 0 saturated carbocycles. The lowest BCUT2D eigenvalue weighted by atomic mass is 10.1. The van der Waals surface area contributed by atoms with Crippen LogP contribution in [-0.2, 0) is 10.2 Å². The van der Waals surface area contributed by atoms with Crippen LogP contribution in [0.1, 0.15) is 10.4 Å². The van der Waals surface area contributed by atoms with Gasteiger partial charge in [0.2, 0.25) is 0 Å². The Morgan fingerprint density at radius 3 is 2.35 bits per heavy atom. The quantitative estimate of drug-likeness (QED) is 0.830. The maximum absolute atomic E-state index is 13.7. The van der Waals surface area contributed by atoms with Gasteiger partial charge >= 0.3 is 0 Å². The average Bonchev–Trinajstić information content (AvgIpc) is 2.37. The Bertz CT molecular complexity index is 610. The summed E-state index contributed by atoms with van der Waals surface area (Å²) in [6.45, 7) is 0.569. The van der Waals surface area contributed by atoms with Crippen molar-refractivity contribution in [2.24, 2.45) is 5.14 Å². The van der Waals surface area contributed by atoms with Crippen LogP contribution in [0.15, 0.2) is 22.7 Å². The topological polar surface area (TPSA) is 83.7 Å². The molecular weight excluding hydrogens is 353 g/mol. The Kier molecular flexibility index (Phi) is 4.43. The normalized spacial score (nSPS) is 17.2. The molecule has 1 saturated heterocycles. The van der Waals surface area contributed by atoms with Gasteiger partial charge < -0.3 is 4.90 Å². The maximum atomic E-state index is 13.7. The number of nitrogens with zero attached hydrogens (tertiary/aromatic N) is 2. The van der Waals surface area contributed by atoms with E-state index in [1.807, 2.05) is 0 Å². The van der Waals surface area contributed by atoms with Gasteiger partial charge in [-0.2, -0.15) is 12.7 Å². The van der Waals surface area contributed by atoms with Gasteiger partial charge in [0.25, 0.3) is 16.1 Å². The van der Waals surface area contributed by atoms with Gasteiger partial charge in [-0.1, -0.05) is 6.07 Å². The Morgan fingerprint density at radius 2 is 1.85 bits per heavy atom. The minimum Gasteiger partial charge on any atom is -0.336 e. The minimum absolute atomic E-state index is 0.0449. The number of amides is 1. The first kappa shape index (κ1) is 15.4. The Morgan fingerprint density at radius 1 is 1.25 bits per heavy atom. The fourth-order valence-corrected chi connectivity index (χ4v) is 3.19. The zero-order valence-corrected chi connectivity index (χ0v) is 12.8. The molecule has 1 heterocycles. The van der Waals surface area contributed by atoms with Crippen molar-refractivity contribution < 1.29 is 17.6 Å². The van der Waals surface area contributed by atoms with E-state index in [0.717, 1.165) is 4.31 Å². The summed E-state index contributed by atoms with van der Waals surface area (Å²) < 4.78 is 37.5. The zero-order chi connectivity index (χ0) is 14.9. The number of benzene rings is 1. The summed E-state index contributed by atoms with van der Waals surface area (Å²) in [6, 6.07) is 4.28. The highest BCUT2D eigenvalue weighted by atomic mass is 79.9. The highest BCUT2D eigenvalue weighted by Crippen LogP contribution is 2.22. The molecule has 0 aliphatic carbocycles. The van der Waals surface area contributed by atoms with E-state index < -0.39 is 21.9 Å². The van der Waals surface area contributed by atoms with Crippen molar-refractivity contribution in [1.82, 2.24) is 9.21 Å². The Labute approximate surface area is 124 Å². The standard InChI is InChI=1S/C11H13BrFN3O3S/c12-8-2-1-3-9(13)10(8)11(17)15-4-6-16(7-5-15)20(14,18)19/h1-3H,4-7H2,(H2,14,18,19). The predicted molar refractivity (Wildman–Crippen MR) is 74.7 cm³/mol. The van der Waals surface area contributed by atoms with E-state index in [1.54, 1.807) is 6.07 Å². The van der Waals surface area contributed by atoms with Crippen LogP contribution in [0.25, 0.3) is 0 Å². The third-order valence-corrected chi connectivity index (χ3v) is 4.81. The molecule has 2 rings (SSSR count). The van der Waals surface area contributed by atoms with Crippen LogP contribution < -0.4 is 5.14 Å². The van der Waals surface area contributed by atoms with E-state index in [4.69, 9.17) is 5.14 Å². The molecule has 1 aliphatic rings. The van der Waals surface area contributed by atoms with Crippen LogP contribution in [0.2, 0.25) is 0 Å². The molecule has 110 valence electrons. The minimum atomic E-state index is -3.74. The van der Waals surface area contributed by atoms with Crippen LogP contribution in [0.4, 0.5) is 4.39 Å². The van der Waals surface area contributed by atoms with Crippen molar-refractivity contribution in [3.63, 3.8) is 0 Å². The molecule has 0 bridgehead atoms. The second-order valence-electron chi connectivity index (χ2n) is 4.33. The van der Waals surface area contributed by atoms with E-state index >= 15 is 0 Å². The lowest BCUT2D eigenvalue weighted by molar-refractivity contribution is 0.0692. The Balaban J connectivity index is 2.13. The molecular formula is C11H13BrFN3O3S. The van der Waals surface area contributed by atoms with E-state index in [-0.39, 0.29) is 31.7 Å². The largest absolute Gasteiger partial charge is 0.336 e. The molecule has 2 N–H and O–H groups in total. The lowest BCUT2D eigenvalue weighted by Crippen LogP contribution is -2.52. The number of carbonyl (C=O) groups is 1. The van der Waals surface area contributed by atoms with Crippen LogP contribution >= 0.6 is 15.9 Å². The molecule has 9 heteroatoms. The summed E-state index contributed by atoms with van der Waals surface area (Å²) in [4.78, 5) is 13.7. The van der Waals surface area contributed by atoms with Crippen molar-refractivity contribution in [1.29, 1.82) is 0 Å². The smallest absolute Gasteiger partial charge is 0.277 e. The zero-order valence-electron chi connectivity index (χ0n) is 10.4. The van der Waals surface area contributed by atoms with Gasteiger partial charge in [-0.25, -0.2) is 9.53 Å². The van der Waals surface area contributed by atoms with Crippen LogP contribution in [0.5, 0.6) is 0 Å². The first-order valence-corrected chi connectivity index (χ1v) is 8.11. The molecule has 1 aromatic carbocycles. The van der Waals surface area contributed by atoms with Gasteiger partial charge in [0.05, 0.1) is 5.56 Å². The van der Waals surface area contributed by atoms with E-state index in [1.165, 1.54) is 17.0 Å². The predicted octanol–water partition coefficient (Wildman–Crippen LogP) is 0.550. The monoisotopic (exact) mass is 365 g/mol. The summed E-state index contributed by atoms with van der Waals surface area (Å²) in [6.07, 6.45) is 0. The van der Waals surface area contributed by atoms with Gasteiger partial charge in [-0.3, -0.25) is 4.79 Å². The molecule has 1 aliphatic heterocycles. The van der Waals surface area contributed by atoms with Crippen molar-refractivity contribution in [3.05, 3.63) is 34.1 Å². The van der Waals surface area contributed by atoms with Crippen LogP contribution in [0.3, 0.4) is 0 Å². The van der Waals surface area contributed by atoms with E-state index in [9.17, 15) is 17.6 Å². The fourth-order valence-electron chi connectivity index (χ4n) is 2.01. The molecule has 1 amide bonds. The SMILES string of the molecule is NS(=O)(=O)N1CCN(C(=O)c2c(F)cccc2Br)CC1. The molecule has 0 spiro atoms. The number of rotatable bonds is 2. The summed E-state index contributed by atoms with van der Waals surface area (Å²) in [7, 11) is -3.74.